The molecule has 0 saturated carbocycles. The first-order valence-electron chi connectivity index (χ1n) is 3.93. The fourth-order valence-corrected chi connectivity index (χ4v) is 0.764. The van der Waals surface area contributed by atoms with Crippen LogP contribution in [0.3, 0.4) is 0 Å². The summed E-state index contributed by atoms with van der Waals surface area (Å²) in [6, 6.07) is 0. The molecule has 0 spiro atoms. The molecule has 0 aromatic carbocycles. The standard InChI is InChI=1S/C9H14O2/c1-2-3-5-9(8-11)6-4-7-10/h5,7-8H,2-4,6H2,1H3. The first-order chi connectivity index (χ1) is 5.35. The van der Waals surface area contributed by atoms with Gasteiger partial charge in [0.2, 0.25) is 0 Å². The Bertz CT molecular complexity index is 148. The molecule has 11 heavy (non-hydrogen) atoms. The van der Waals surface area contributed by atoms with Gasteiger partial charge in [0.1, 0.15) is 12.6 Å². The number of hydrogen-bond donors (Lipinski definition) is 0. The first-order valence-corrected chi connectivity index (χ1v) is 3.93. The Morgan fingerprint density at radius 2 is 2.00 bits per heavy atom. The Morgan fingerprint density at radius 3 is 2.45 bits per heavy atom. The number of aldehydes is 2. The lowest BCUT2D eigenvalue weighted by atomic mass is 10.1. The van der Waals surface area contributed by atoms with E-state index in [2.05, 4.69) is 6.92 Å². The third kappa shape index (κ3) is 5.52. The van der Waals surface area contributed by atoms with E-state index in [-0.39, 0.29) is 0 Å². The molecular formula is C9H14O2. The summed E-state index contributed by atoms with van der Waals surface area (Å²) in [6.07, 6.45) is 6.57. The molecule has 0 fully saturated rings. The van der Waals surface area contributed by atoms with Gasteiger partial charge in [0.25, 0.3) is 0 Å². The molecule has 0 heterocycles. The molecule has 0 aliphatic heterocycles. The zero-order chi connectivity index (χ0) is 8.53. The monoisotopic (exact) mass is 154 g/mol. The van der Waals surface area contributed by atoms with E-state index < -0.39 is 0 Å². The van der Waals surface area contributed by atoms with Gasteiger partial charge in [0.15, 0.2) is 0 Å². The molecule has 0 rings (SSSR count). The van der Waals surface area contributed by atoms with Gasteiger partial charge in [0.05, 0.1) is 0 Å². The van der Waals surface area contributed by atoms with E-state index in [9.17, 15) is 9.59 Å². The lowest BCUT2D eigenvalue weighted by molar-refractivity contribution is -0.107. The molecule has 0 aromatic heterocycles. The van der Waals surface area contributed by atoms with Crippen LogP contribution in [-0.2, 0) is 9.59 Å². The summed E-state index contributed by atoms with van der Waals surface area (Å²) in [5.74, 6) is 0. The summed E-state index contributed by atoms with van der Waals surface area (Å²) < 4.78 is 0. The van der Waals surface area contributed by atoms with E-state index in [1.165, 1.54) is 0 Å². The average Bonchev–Trinajstić information content (AvgIpc) is 2.05. The molecule has 0 aliphatic rings. The van der Waals surface area contributed by atoms with Crippen molar-refractivity contribution < 1.29 is 9.59 Å². The minimum absolute atomic E-state index is 0.453. The molecule has 0 radical (unpaired) electrons. The number of carbonyl (C=O) groups is 2. The minimum atomic E-state index is 0.453. The van der Waals surface area contributed by atoms with E-state index in [4.69, 9.17) is 0 Å². The van der Waals surface area contributed by atoms with Crippen LogP contribution in [-0.4, -0.2) is 12.6 Å². The van der Waals surface area contributed by atoms with Gasteiger partial charge in [-0.25, -0.2) is 0 Å². The summed E-state index contributed by atoms with van der Waals surface area (Å²) in [7, 11) is 0. The van der Waals surface area contributed by atoms with Crippen molar-refractivity contribution in [2.24, 2.45) is 0 Å². The Hall–Kier alpha value is -0.920. The highest BCUT2D eigenvalue weighted by atomic mass is 16.1. The molecule has 2 nitrogen and oxygen atoms in total. The van der Waals surface area contributed by atoms with Crippen molar-refractivity contribution >= 4 is 12.6 Å². The third-order valence-electron chi connectivity index (χ3n) is 1.40. The second-order valence-corrected chi connectivity index (χ2v) is 2.39. The number of rotatable bonds is 6. The van der Waals surface area contributed by atoms with E-state index in [0.29, 0.717) is 12.8 Å². The van der Waals surface area contributed by atoms with Crippen LogP contribution in [0.25, 0.3) is 0 Å². The predicted molar refractivity (Wildman–Crippen MR) is 44.4 cm³/mol. The molecule has 0 atom stereocenters. The maximum atomic E-state index is 10.3. The van der Waals surface area contributed by atoms with Gasteiger partial charge in [-0.15, -0.1) is 0 Å². The van der Waals surface area contributed by atoms with Crippen LogP contribution in [0.2, 0.25) is 0 Å². The largest absolute Gasteiger partial charge is 0.303 e. The van der Waals surface area contributed by atoms with Gasteiger partial charge in [0, 0.05) is 6.42 Å². The lowest BCUT2D eigenvalue weighted by Crippen LogP contribution is -1.86. The zero-order valence-corrected chi connectivity index (χ0v) is 6.88. The summed E-state index contributed by atoms with van der Waals surface area (Å²) in [4.78, 5) is 20.3. The lowest BCUT2D eigenvalue weighted by Gasteiger charge is -1.93. The van der Waals surface area contributed by atoms with Gasteiger partial charge < -0.3 is 4.79 Å². The maximum absolute atomic E-state index is 10.3. The molecule has 0 aliphatic carbocycles. The highest BCUT2D eigenvalue weighted by Crippen LogP contribution is 2.02. The Balaban J connectivity index is 3.72. The van der Waals surface area contributed by atoms with Crippen molar-refractivity contribution in [3.8, 4) is 0 Å². The summed E-state index contributed by atoms with van der Waals surface area (Å²) in [6.45, 7) is 2.05. The van der Waals surface area contributed by atoms with Crippen molar-refractivity contribution in [3.05, 3.63) is 11.6 Å². The van der Waals surface area contributed by atoms with Crippen molar-refractivity contribution in [2.45, 2.75) is 32.6 Å². The molecular weight excluding hydrogens is 140 g/mol. The summed E-state index contributed by atoms with van der Waals surface area (Å²) >= 11 is 0. The smallest absolute Gasteiger partial charge is 0.145 e. The molecule has 62 valence electrons. The fourth-order valence-electron chi connectivity index (χ4n) is 0.764. The van der Waals surface area contributed by atoms with Crippen LogP contribution >= 0.6 is 0 Å². The topological polar surface area (TPSA) is 34.1 Å². The van der Waals surface area contributed by atoms with Gasteiger partial charge >= 0.3 is 0 Å². The number of carbonyl (C=O) groups excluding carboxylic acids is 2. The summed E-state index contributed by atoms with van der Waals surface area (Å²) in [5, 5.41) is 0. The van der Waals surface area contributed by atoms with E-state index >= 15 is 0 Å². The van der Waals surface area contributed by atoms with Crippen LogP contribution in [0.1, 0.15) is 32.6 Å². The number of allylic oxidation sites excluding steroid dienone is 2. The minimum Gasteiger partial charge on any atom is -0.303 e. The van der Waals surface area contributed by atoms with Gasteiger partial charge in [-0.3, -0.25) is 4.79 Å². The molecule has 0 aromatic rings. The highest BCUT2D eigenvalue weighted by Gasteiger charge is 1.92. The second-order valence-electron chi connectivity index (χ2n) is 2.39. The van der Waals surface area contributed by atoms with Crippen LogP contribution in [0.15, 0.2) is 11.6 Å². The van der Waals surface area contributed by atoms with Gasteiger partial charge in [-0.05, 0) is 18.4 Å². The van der Waals surface area contributed by atoms with Gasteiger partial charge in [-0.1, -0.05) is 19.4 Å². The van der Waals surface area contributed by atoms with Crippen molar-refractivity contribution in [2.75, 3.05) is 0 Å². The average molecular weight is 154 g/mol. The van der Waals surface area contributed by atoms with Crippen molar-refractivity contribution in [1.82, 2.24) is 0 Å². The van der Waals surface area contributed by atoms with Crippen molar-refractivity contribution in [1.29, 1.82) is 0 Å². The van der Waals surface area contributed by atoms with E-state index in [1.807, 2.05) is 6.08 Å². The number of unbranched alkanes of at least 4 members (excludes halogenated alkanes) is 1. The van der Waals surface area contributed by atoms with Crippen LogP contribution in [0.4, 0.5) is 0 Å². The molecule has 0 saturated heterocycles. The number of hydrogen-bond acceptors (Lipinski definition) is 2. The fraction of sp³-hybridized carbons (Fsp3) is 0.556. The SMILES string of the molecule is CCCC=C(C=O)CCC=O. The first kappa shape index (κ1) is 10.1. The summed E-state index contributed by atoms with van der Waals surface area (Å²) in [5.41, 5.74) is 0.749. The predicted octanol–water partition coefficient (Wildman–Crippen LogP) is 1.89. The Kier molecular flexibility index (Phi) is 6.59. The highest BCUT2D eigenvalue weighted by molar-refractivity contribution is 5.73. The molecule has 0 unspecified atom stereocenters. The van der Waals surface area contributed by atoms with E-state index in [0.717, 1.165) is 31.0 Å². The quantitative estimate of drug-likeness (QED) is 0.432. The zero-order valence-electron chi connectivity index (χ0n) is 6.88. The normalized spacial score (nSPS) is 11.2. The van der Waals surface area contributed by atoms with Crippen LogP contribution in [0.5, 0.6) is 0 Å². The van der Waals surface area contributed by atoms with E-state index in [1.54, 1.807) is 0 Å². The Labute approximate surface area is 67.3 Å². The Morgan fingerprint density at radius 1 is 1.27 bits per heavy atom. The molecule has 0 N–H and O–H groups in total. The van der Waals surface area contributed by atoms with Crippen LogP contribution < -0.4 is 0 Å². The third-order valence-corrected chi connectivity index (χ3v) is 1.40. The second kappa shape index (κ2) is 7.19. The maximum Gasteiger partial charge on any atom is 0.145 e. The van der Waals surface area contributed by atoms with Crippen LogP contribution in [0, 0.1) is 0 Å². The molecule has 2 heteroatoms. The van der Waals surface area contributed by atoms with Crippen molar-refractivity contribution in [3.63, 3.8) is 0 Å². The molecule has 0 bridgehead atoms. The van der Waals surface area contributed by atoms with Gasteiger partial charge in [-0.2, -0.15) is 0 Å². The molecule has 0 amide bonds.